The molecule has 2 rings (SSSR count). The average molecular weight is 279 g/mol. The number of methoxy groups -OCH3 is 1. The third-order valence-corrected chi connectivity index (χ3v) is 4.30. The van der Waals surface area contributed by atoms with E-state index in [-0.39, 0.29) is 11.4 Å². The van der Waals surface area contributed by atoms with Gasteiger partial charge in [0.15, 0.2) is 11.6 Å². The lowest BCUT2D eigenvalue weighted by Crippen LogP contribution is -2.46. The van der Waals surface area contributed by atoms with Crippen molar-refractivity contribution in [2.75, 3.05) is 20.2 Å². The summed E-state index contributed by atoms with van der Waals surface area (Å²) >= 11 is 0. The summed E-state index contributed by atoms with van der Waals surface area (Å²) in [7, 11) is 1.50. The molecule has 1 aliphatic rings. The first-order chi connectivity index (χ1) is 9.40. The highest BCUT2D eigenvalue weighted by Crippen LogP contribution is 2.27. The van der Waals surface area contributed by atoms with Crippen molar-refractivity contribution >= 4 is 0 Å². The molecule has 2 nitrogen and oxygen atoms in total. The smallest absolute Gasteiger partial charge is 0.165 e. The number of rotatable bonds is 3. The number of hydrogen-bond acceptors (Lipinski definition) is 2. The van der Waals surface area contributed by atoms with Gasteiger partial charge in [-0.2, -0.15) is 0 Å². The van der Waals surface area contributed by atoms with Crippen LogP contribution in [0.15, 0.2) is 18.2 Å². The number of nitrogens with zero attached hydrogens (tertiary/aromatic N) is 1. The van der Waals surface area contributed by atoms with Gasteiger partial charge >= 0.3 is 0 Å². The highest BCUT2D eigenvalue weighted by molar-refractivity contribution is 5.29. The quantitative estimate of drug-likeness (QED) is 0.832. The van der Waals surface area contributed by atoms with Crippen molar-refractivity contribution in [1.82, 2.24) is 4.90 Å². The predicted octanol–water partition coefficient (Wildman–Crippen LogP) is 3.89. The van der Waals surface area contributed by atoms with Crippen LogP contribution in [-0.4, -0.2) is 30.6 Å². The van der Waals surface area contributed by atoms with Gasteiger partial charge in [0, 0.05) is 5.54 Å². The Morgan fingerprint density at radius 1 is 1.25 bits per heavy atom. The average Bonchev–Trinajstić information content (AvgIpc) is 2.38. The lowest BCUT2D eigenvalue weighted by molar-refractivity contribution is 0.0876. The minimum Gasteiger partial charge on any atom is -0.494 e. The standard InChI is InChI=1S/C17H26FNO/c1-17(2,3)19-9-7-13(8-10-19)11-14-5-6-16(20-4)15(18)12-14/h5-6,12-13H,7-11H2,1-4H3. The Morgan fingerprint density at radius 3 is 2.40 bits per heavy atom. The van der Waals surface area contributed by atoms with Crippen LogP contribution in [0.4, 0.5) is 4.39 Å². The van der Waals surface area contributed by atoms with Gasteiger partial charge in [0.25, 0.3) is 0 Å². The van der Waals surface area contributed by atoms with Crippen molar-refractivity contribution < 1.29 is 9.13 Å². The molecule has 0 amide bonds. The third kappa shape index (κ3) is 3.72. The zero-order valence-corrected chi connectivity index (χ0v) is 13.1. The molecule has 20 heavy (non-hydrogen) atoms. The summed E-state index contributed by atoms with van der Waals surface area (Å²) in [5, 5.41) is 0. The Kier molecular flexibility index (Phi) is 4.69. The number of likely N-dealkylation sites (tertiary alicyclic amines) is 1. The Balaban J connectivity index is 1.91. The molecule has 0 bridgehead atoms. The molecule has 3 heteroatoms. The van der Waals surface area contributed by atoms with Crippen molar-refractivity contribution in [1.29, 1.82) is 0 Å². The van der Waals surface area contributed by atoms with E-state index in [2.05, 4.69) is 25.7 Å². The van der Waals surface area contributed by atoms with Crippen LogP contribution in [0.25, 0.3) is 0 Å². The van der Waals surface area contributed by atoms with E-state index in [1.807, 2.05) is 6.07 Å². The Bertz CT molecular complexity index is 445. The zero-order valence-electron chi connectivity index (χ0n) is 13.1. The summed E-state index contributed by atoms with van der Waals surface area (Å²) in [6.07, 6.45) is 3.37. The maximum Gasteiger partial charge on any atom is 0.165 e. The number of ether oxygens (including phenoxy) is 1. The van der Waals surface area contributed by atoms with E-state index >= 15 is 0 Å². The summed E-state index contributed by atoms with van der Waals surface area (Å²) in [6.45, 7) is 9.10. The Hall–Kier alpha value is -1.09. The molecule has 112 valence electrons. The summed E-state index contributed by atoms with van der Waals surface area (Å²) in [5.41, 5.74) is 1.34. The van der Waals surface area contributed by atoms with Gasteiger partial charge in [0.1, 0.15) is 0 Å². The molecular weight excluding hydrogens is 253 g/mol. The molecule has 0 saturated carbocycles. The van der Waals surface area contributed by atoms with E-state index in [1.165, 1.54) is 20.0 Å². The van der Waals surface area contributed by atoms with Crippen molar-refractivity contribution in [3.8, 4) is 5.75 Å². The van der Waals surface area contributed by atoms with Crippen molar-refractivity contribution in [3.05, 3.63) is 29.6 Å². The second-order valence-corrected chi connectivity index (χ2v) is 6.77. The molecule has 1 aromatic rings. The van der Waals surface area contributed by atoms with Gasteiger partial charge in [-0.15, -0.1) is 0 Å². The summed E-state index contributed by atoms with van der Waals surface area (Å²) in [5.74, 6) is 0.745. The first-order valence-electron chi connectivity index (χ1n) is 7.47. The van der Waals surface area contributed by atoms with E-state index < -0.39 is 0 Å². The molecule has 0 spiro atoms. The second kappa shape index (κ2) is 6.13. The summed E-state index contributed by atoms with van der Waals surface area (Å²) < 4.78 is 18.6. The molecule has 0 atom stereocenters. The predicted molar refractivity (Wildman–Crippen MR) is 80.7 cm³/mol. The van der Waals surface area contributed by atoms with Crippen LogP contribution in [0.2, 0.25) is 0 Å². The van der Waals surface area contributed by atoms with E-state index in [1.54, 1.807) is 12.1 Å². The van der Waals surface area contributed by atoms with E-state index in [4.69, 9.17) is 4.74 Å². The van der Waals surface area contributed by atoms with Crippen LogP contribution in [-0.2, 0) is 6.42 Å². The van der Waals surface area contributed by atoms with Crippen LogP contribution in [0.1, 0.15) is 39.2 Å². The topological polar surface area (TPSA) is 12.5 Å². The molecule has 0 unspecified atom stereocenters. The number of benzene rings is 1. The Morgan fingerprint density at radius 2 is 1.90 bits per heavy atom. The monoisotopic (exact) mass is 279 g/mol. The first-order valence-corrected chi connectivity index (χ1v) is 7.47. The molecule has 1 aliphatic heterocycles. The van der Waals surface area contributed by atoms with Gasteiger partial charge in [0.05, 0.1) is 7.11 Å². The van der Waals surface area contributed by atoms with Gasteiger partial charge in [-0.05, 0) is 76.7 Å². The van der Waals surface area contributed by atoms with Crippen molar-refractivity contribution in [3.63, 3.8) is 0 Å². The normalized spacial score (nSPS) is 18.2. The molecule has 1 aromatic carbocycles. The fourth-order valence-electron chi connectivity index (χ4n) is 2.98. The molecule has 1 fully saturated rings. The molecule has 1 heterocycles. The third-order valence-electron chi connectivity index (χ3n) is 4.30. The van der Waals surface area contributed by atoms with Crippen LogP contribution in [0.3, 0.4) is 0 Å². The van der Waals surface area contributed by atoms with Gasteiger partial charge in [-0.1, -0.05) is 6.07 Å². The second-order valence-electron chi connectivity index (χ2n) is 6.77. The maximum absolute atomic E-state index is 13.7. The highest BCUT2D eigenvalue weighted by atomic mass is 19.1. The molecule has 1 saturated heterocycles. The number of hydrogen-bond donors (Lipinski definition) is 0. The summed E-state index contributed by atoms with van der Waals surface area (Å²) in [4.78, 5) is 2.54. The lowest BCUT2D eigenvalue weighted by atomic mass is 9.88. The highest BCUT2D eigenvalue weighted by Gasteiger charge is 2.26. The first kappa shape index (κ1) is 15.3. The van der Waals surface area contributed by atoms with Crippen LogP contribution in [0.5, 0.6) is 5.75 Å². The van der Waals surface area contributed by atoms with Crippen LogP contribution >= 0.6 is 0 Å². The van der Waals surface area contributed by atoms with Crippen LogP contribution < -0.4 is 4.74 Å². The van der Waals surface area contributed by atoms with Gasteiger partial charge in [-0.25, -0.2) is 4.39 Å². The minimum atomic E-state index is -0.253. The minimum absolute atomic E-state index is 0.253. The molecule has 0 aromatic heterocycles. The SMILES string of the molecule is COc1ccc(CC2CCN(C(C)(C)C)CC2)cc1F. The number of halogens is 1. The Labute approximate surface area is 121 Å². The van der Waals surface area contributed by atoms with Gasteiger partial charge < -0.3 is 4.74 Å². The zero-order chi connectivity index (χ0) is 14.8. The molecular formula is C17H26FNO. The van der Waals surface area contributed by atoms with Crippen LogP contribution in [0, 0.1) is 11.7 Å². The fourth-order valence-corrected chi connectivity index (χ4v) is 2.98. The summed E-state index contributed by atoms with van der Waals surface area (Å²) in [6, 6.07) is 5.34. The lowest BCUT2D eigenvalue weighted by Gasteiger charge is -2.41. The maximum atomic E-state index is 13.7. The van der Waals surface area contributed by atoms with Gasteiger partial charge in [0.2, 0.25) is 0 Å². The molecule has 0 N–H and O–H groups in total. The van der Waals surface area contributed by atoms with E-state index in [0.717, 1.165) is 25.1 Å². The fraction of sp³-hybridized carbons (Fsp3) is 0.647. The van der Waals surface area contributed by atoms with Crippen molar-refractivity contribution in [2.45, 2.75) is 45.6 Å². The largest absolute Gasteiger partial charge is 0.494 e. The van der Waals surface area contributed by atoms with Crippen molar-refractivity contribution in [2.24, 2.45) is 5.92 Å². The van der Waals surface area contributed by atoms with Gasteiger partial charge in [-0.3, -0.25) is 4.90 Å². The van der Waals surface area contributed by atoms with E-state index in [0.29, 0.717) is 11.7 Å². The molecule has 0 radical (unpaired) electrons. The number of piperidine rings is 1. The van der Waals surface area contributed by atoms with E-state index in [9.17, 15) is 4.39 Å². The molecule has 0 aliphatic carbocycles.